The monoisotopic (exact) mass is 533 g/mol. The molecule has 36 heavy (non-hydrogen) atoms. The standard InChI is InChI=1S/C25H24ClNO8S/c1-4-33-19-11-16(12-20-22(28)27(25(32)36-20)14(3)24(31)34-5-2)10-18(26)21(19)35-13-15-7-6-8-17(9-15)23(29)30/h6-12,14H,4-5,13H2,1-3H3,(H,29,30)/b20-12+/t14-/m0/s1. The number of thioether (sulfide) groups is 1. The summed E-state index contributed by atoms with van der Waals surface area (Å²) in [6.07, 6.45) is 1.48. The first-order chi connectivity index (χ1) is 17.2. The van der Waals surface area contributed by atoms with Crippen molar-refractivity contribution >= 4 is 52.5 Å². The lowest BCUT2D eigenvalue weighted by Crippen LogP contribution is -2.42. The molecule has 1 saturated heterocycles. The van der Waals surface area contributed by atoms with Crippen LogP contribution in [0.1, 0.15) is 42.3 Å². The number of halogens is 1. The molecular formula is C25H24ClNO8S. The maximum absolute atomic E-state index is 12.8. The van der Waals surface area contributed by atoms with E-state index in [0.717, 1.165) is 4.90 Å². The Morgan fingerprint density at radius 2 is 1.89 bits per heavy atom. The highest BCUT2D eigenvalue weighted by Crippen LogP contribution is 2.40. The summed E-state index contributed by atoms with van der Waals surface area (Å²) in [5.41, 5.74) is 1.24. The number of carboxylic acid groups (broad SMARTS) is 1. The summed E-state index contributed by atoms with van der Waals surface area (Å²) >= 11 is 7.17. The zero-order chi connectivity index (χ0) is 26.4. The van der Waals surface area contributed by atoms with Gasteiger partial charge in [-0.05, 0) is 74.0 Å². The third-order valence-electron chi connectivity index (χ3n) is 5.03. The van der Waals surface area contributed by atoms with E-state index in [0.29, 0.717) is 35.2 Å². The molecule has 0 saturated carbocycles. The lowest BCUT2D eigenvalue weighted by Gasteiger charge is -2.19. The summed E-state index contributed by atoms with van der Waals surface area (Å²) in [7, 11) is 0. The zero-order valence-corrected chi connectivity index (χ0v) is 21.4. The van der Waals surface area contributed by atoms with Gasteiger partial charge in [0.15, 0.2) is 11.5 Å². The summed E-state index contributed by atoms with van der Waals surface area (Å²) in [5.74, 6) is -1.77. The van der Waals surface area contributed by atoms with Gasteiger partial charge in [-0.25, -0.2) is 9.59 Å². The van der Waals surface area contributed by atoms with Crippen LogP contribution in [0.2, 0.25) is 5.02 Å². The van der Waals surface area contributed by atoms with Crippen molar-refractivity contribution < 1.29 is 38.5 Å². The molecule has 0 spiro atoms. The Hall–Kier alpha value is -3.50. The van der Waals surface area contributed by atoms with Crippen LogP contribution in [0, 0.1) is 0 Å². The average Bonchev–Trinajstić information content (AvgIpc) is 3.11. The van der Waals surface area contributed by atoms with E-state index in [2.05, 4.69) is 0 Å². The van der Waals surface area contributed by atoms with Crippen LogP contribution in [-0.2, 0) is 20.9 Å². The quantitative estimate of drug-likeness (QED) is 0.332. The molecule has 1 fully saturated rings. The number of hydrogen-bond acceptors (Lipinski definition) is 8. The fourth-order valence-electron chi connectivity index (χ4n) is 3.36. The van der Waals surface area contributed by atoms with Crippen LogP contribution in [0.25, 0.3) is 6.08 Å². The van der Waals surface area contributed by atoms with Crippen molar-refractivity contribution in [2.45, 2.75) is 33.4 Å². The van der Waals surface area contributed by atoms with Crippen LogP contribution in [0.15, 0.2) is 41.3 Å². The van der Waals surface area contributed by atoms with E-state index >= 15 is 0 Å². The lowest BCUT2D eigenvalue weighted by molar-refractivity contribution is -0.150. The Morgan fingerprint density at radius 3 is 2.56 bits per heavy atom. The highest BCUT2D eigenvalue weighted by atomic mass is 35.5. The van der Waals surface area contributed by atoms with Gasteiger partial charge in [-0.2, -0.15) is 0 Å². The molecular weight excluding hydrogens is 510 g/mol. The number of carbonyl (C=O) groups is 4. The van der Waals surface area contributed by atoms with Crippen molar-refractivity contribution in [1.82, 2.24) is 4.90 Å². The minimum atomic E-state index is -1.05. The molecule has 0 aliphatic carbocycles. The molecule has 1 heterocycles. The Balaban J connectivity index is 1.85. The number of nitrogens with zero attached hydrogens (tertiary/aromatic N) is 1. The Labute approximate surface area is 217 Å². The summed E-state index contributed by atoms with van der Waals surface area (Å²) in [6, 6.07) is 8.43. The summed E-state index contributed by atoms with van der Waals surface area (Å²) in [4.78, 5) is 49.5. The van der Waals surface area contributed by atoms with Crippen LogP contribution in [-0.4, -0.2) is 52.3 Å². The van der Waals surface area contributed by atoms with Crippen molar-refractivity contribution in [3.05, 3.63) is 63.0 Å². The first-order valence-electron chi connectivity index (χ1n) is 11.0. The van der Waals surface area contributed by atoms with Gasteiger partial charge in [0, 0.05) is 0 Å². The van der Waals surface area contributed by atoms with Crippen molar-refractivity contribution in [3.63, 3.8) is 0 Å². The summed E-state index contributed by atoms with van der Waals surface area (Å²) in [6.45, 7) is 5.33. The molecule has 3 rings (SSSR count). The van der Waals surface area contributed by atoms with Gasteiger partial charge in [0.25, 0.3) is 11.1 Å². The number of carboxylic acids is 1. The van der Waals surface area contributed by atoms with E-state index < -0.39 is 29.1 Å². The van der Waals surface area contributed by atoms with Gasteiger partial charge < -0.3 is 19.3 Å². The number of carbonyl (C=O) groups excluding carboxylic acids is 3. The van der Waals surface area contributed by atoms with Gasteiger partial charge in [-0.15, -0.1) is 0 Å². The third kappa shape index (κ3) is 6.19. The predicted octanol–water partition coefficient (Wildman–Crippen LogP) is 5.00. The molecule has 1 N–H and O–H groups in total. The van der Waals surface area contributed by atoms with E-state index in [1.807, 2.05) is 0 Å². The fraction of sp³-hybridized carbons (Fsp3) is 0.280. The molecule has 2 aromatic carbocycles. The molecule has 11 heteroatoms. The second-order valence-corrected chi connectivity index (χ2v) is 8.94. The zero-order valence-electron chi connectivity index (χ0n) is 19.8. The lowest BCUT2D eigenvalue weighted by atomic mass is 10.1. The van der Waals surface area contributed by atoms with E-state index in [1.54, 1.807) is 38.1 Å². The Morgan fingerprint density at radius 1 is 1.14 bits per heavy atom. The molecule has 9 nitrogen and oxygen atoms in total. The highest BCUT2D eigenvalue weighted by molar-refractivity contribution is 8.18. The number of esters is 1. The topological polar surface area (TPSA) is 119 Å². The third-order valence-corrected chi connectivity index (χ3v) is 6.19. The Kier molecular flexibility index (Phi) is 9.00. The molecule has 2 aromatic rings. The molecule has 1 aliphatic heterocycles. The number of ether oxygens (including phenoxy) is 3. The number of benzene rings is 2. The normalized spacial score (nSPS) is 15.2. The predicted molar refractivity (Wildman–Crippen MR) is 134 cm³/mol. The SMILES string of the molecule is CCOC(=O)[C@H](C)N1C(=O)S/C(=C/c2cc(Cl)c(OCc3cccc(C(=O)O)c3)c(OCC)c2)C1=O. The molecule has 0 radical (unpaired) electrons. The van der Waals surface area contributed by atoms with Crippen LogP contribution in [0.4, 0.5) is 4.79 Å². The molecule has 190 valence electrons. The van der Waals surface area contributed by atoms with Crippen molar-refractivity contribution in [3.8, 4) is 11.5 Å². The molecule has 1 aliphatic rings. The first kappa shape index (κ1) is 27.1. The molecule has 2 amide bonds. The van der Waals surface area contributed by atoms with Crippen LogP contribution < -0.4 is 9.47 Å². The number of imide groups is 1. The largest absolute Gasteiger partial charge is 0.490 e. The van der Waals surface area contributed by atoms with E-state index in [1.165, 1.54) is 25.1 Å². The van der Waals surface area contributed by atoms with Crippen molar-refractivity contribution in [2.75, 3.05) is 13.2 Å². The van der Waals surface area contributed by atoms with Gasteiger partial charge >= 0.3 is 11.9 Å². The van der Waals surface area contributed by atoms with Gasteiger partial charge in [0.2, 0.25) is 0 Å². The molecule has 0 bridgehead atoms. The average molecular weight is 534 g/mol. The molecule has 0 unspecified atom stereocenters. The molecule has 0 aromatic heterocycles. The maximum Gasteiger partial charge on any atom is 0.335 e. The van der Waals surface area contributed by atoms with Crippen molar-refractivity contribution in [2.24, 2.45) is 0 Å². The van der Waals surface area contributed by atoms with E-state index in [4.69, 9.17) is 25.8 Å². The number of amides is 2. The van der Waals surface area contributed by atoms with Crippen LogP contribution in [0.5, 0.6) is 11.5 Å². The van der Waals surface area contributed by atoms with Crippen LogP contribution >= 0.6 is 23.4 Å². The summed E-state index contributed by atoms with van der Waals surface area (Å²) < 4.78 is 16.4. The number of rotatable bonds is 10. The van der Waals surface area contributed by atoms with Crippen molar-refractivity contribution in [1.29, 1.82) is 0 Å². The highest BCUT2D eigenvalue weighted by Gasteiger charge is 2.41. The maximum atomic E-state index is 12.8. The number of hydrogen-bond donors (Lipinski definition) is 1. The minimum absolute atomic E-state index is 0.0465. The Bertz CT molecular complexity index is 1230. The first-order valence-corrected chi connectivity index (χ1v) is 12.2. The molecule has 1 atom stereocenters. The van der Waals surface area contributed by atoms with Gasteiger partial charge in [-0.1, -0.05) is 23.7 Å². The fourth-order valence-corrected chi connectivity index (χ4v) is 4.54. The van der Waals surface area contributed by atoms with Gasteiger partial charge in [0.05, 0.1) is 28.7 Å². The summed E-state index contributed by atoms with van der Waals surface area (Å²) in [5, 5.41) is 8.79. The van der Waals surface area contributed by atoms with E-state index in [-0.39, 0.29) is 34.5 Å². The second-order valence-electron chi connectivity index (χ2n) is 7.54. The second kappa shape index (κ2) is 12.0. The van der Waals surface area contributed by atoms with E-state index in [9.17, 15) is 24.3 Å². The number of aromatic carboxylic acids is 1. The van der Waals surface area contributed by atoms with Gasteiger partial charge in [-0.3, -0.25) is 14.5 Å². The van der Waals surface area contributed by atoms with Gasteiger partial charge in [0.1, 0.15) is 12.6 Å². The van der Waals surface area contributed by atoms with Crippen LogP contribution in [0.3, 0.4) is 0 Å². The smallest absolute Gasteiger partial charge is 0.335 e. The minimum Gasteiger partial charge on any atom is -0.490 e.